The number of aryl methyl sites for hydroxylation is 1. The summed E-state index contributed by atoms with van der Waals surface area (Å²) in [6.07, 6.45) is 4.79. The standard InChI is InChI=1S/C37H47N3O6/c1-6-7-21-39-31(22-28-16-18-29(19-17-28)30-23-32(44-3)35(46-5)33(24-30)45-4)37(43)40(26(2)36(39)42)25-34(41)38-20-12-11-15-27-13-9-8-10-14-27/h8-10,13-14,16-19,23-24,26,31H,6-7,11-12,15,20-22,25H2,1-5H3,(H,38,41)/t26-,31?/m1/s1. The van der Waals surface area contributed by atoms with Crippen molar-refractivity contribution in [1.82, 2.24) is 15.1 Å². The highest BCUT2D eigenvalue weighted by Crippen LogP contribution is 2.41. The Morgan fingerprint density at radius 3 is 2.07 bits per heavy atom. The molecule has 0 aliphatic carbocycles. The Bertz CT molecular complexity index is 1430. The maximum atomic E-state index is 13.9. The summed E-state index contributed by atoms with van der Waals surface area (Å²) in [5, 5.41) is 2.94. The largest absolute Gasteiger partial charge is 0.493 e. The van der Waals surface area contributed by atoms with Gasteiger partial charge in [0.25, 0.3) is 0 Å². The van der Waals surface area contributed by atoms with Gasteiger partial charge in [0.15, 0.2) is 11.5 Å². The van der Waals surface area contributed by atoms with Crippen LogP contribution in [0, 0.1) is 0 Å². The van der Waals surface area contributed by atoms with Crippen molar-refractivity contribution in [2.45, 2.75) is 64.5 Å². The second kappa shape index (κ2) is 16.7. The molecule has 0 radical (unpaired) electrons. The van der Waals surface area contributed by atoms with E-state index in [0.29, 0.717) is 36.8 Å². The first-order valence-corrected chi connectivity index (χ1v) is 16.1. The molecule has 9 nitrogen and oxygen atoms in total. The van der Waals surface area contributed by atoms with E-state index in [-0.39, 0.29) is 24.3 Å². The van der Waals surface area contributed by atoms with Crippen LogP contribution >= 0.6 is 0 Å². The number of hydrogen-bond acceptors (Lipinski definition) is 6. The van der Waals surface area contributed by atoms with Gasteiger partial charge in [-0.3, -0.25) is 14.4 Å². The number of ether oxygens (including phenoxy) is 3. The first kappa shape index (κ1) is 34.3. The van der Waals surface area contributed by atoms with Crippen LogP contribution in [0.2, 0.25) is 0 Å². The van der Waals surface area contributed by atoms with Crippen molar-refractivity contribution in [3.8, 4) is 28.4 Å². The second-order valence-corrected chi connectivity index (χ2v) is 11.7. The molecule has 2 atom stereocenters. The molecule has 0 saturated carbocycles. The maximum absolute atomic E-state index is 13.9. The topological polar surface area (TPSA) is 97.4 Å². The molecule has 1 fully saturated rings. The van der Waals surface area contributed by atoms with E-state index in [4.69, 9.17) is 14.2 Å². The minimum Gasteiger partial charge on any atom is -0.493 e. The number of benzene rings is 3. The average Bonchev–Trinajstić information content (AvgIpc) is 3.08. The van der Waals surface area contributed by atoms with Gasteiger partial charge in [-0.15, -0.1) is 0 Å². The van der Waals surface area contributed by atoms with E-state index < -0.39 is 12.1 Å². The maximum Gasteiger partial charge on any atom is 0.246 e. The van der Waals surface area contributed by atoms with Crippen LogP contribution in [0.25, 0.3) is 11.1 Å². The van der Waals surface area contributed by atoms with Crippen LogP contribution in [0.3, 0.4) is 0 Å². The zero-order valence-electron chi connectivity index (χ0n) is 27.7. The van der Waals surface area contributed by atoms with Crippen LogP contribution in [-0.2, 0) is 27.2 Å². The lowest BCUT2D eigenvalue weighted by Crippen LogP contribution is -2.65. The molecule has 1 heterocycles. The number of hydrogen-bond donors (Lipinski definition) is 1. The number of carbonyl (C=O) groups excluding carboxylic acids is 3. The highest BCUT2D eigenvalue weighted by atomic mass is 16.5. The Balaban J connectivity index is 1.44. The molecule has 1 N–H and O–H groups in total. The SMILES string of the molecule is CCCCN1C(=O)[C@@H](C)N(CC(=O)NCCCCc2ccccc2)C(=O)C1Cc1ccc(-c2cc(OC)c(OC)c(OC)c2)cc1. The minimum atomic E-state index is -0.702. The zero-order valence-corrected chi connectivity index (χ0v) is 27.7. The quantitative estimate of drug-likeness (QED) is 0.217. The second-order valence-electron chi connectivity index (χ2n) is 11.7. The van der Waals surface area contributed by atoms with Gasteiger partial charge in [0, 0.05) is 19.5 Å². The first-order chi connectivity index (χ1) is 22.3. The molecule has 1 aliphatic heterocycles. The van der Waals surface area contributed by atoms with Gasteiger partial charge in [0.2, 0.25) is 23.5 Å². The Hall–Kier alpha value is -4.53. The van der Waals surface area contributed by atoms with Crippen LogP contribution in [-0.4, -0.2) is 80.6 Å². The smallest absolute Gasteiger partial charge is 0.246 e. The molecule has 1 aliphatic rings. The Labute approximate surface area is 272 Å². The summed E-state index contributed by atoms with van der Waals surface area (Å²) in [5.74, 6) is 1.07. The van der Waals surface area contributed by atoms with Crippen molar-refractivity contribution in [3.05, 3.63) is 77.9 Å². The number of amides is 3. The number of methoxy groups -OCH3 is 3. The number of nitrogens with zero attached hydrogens (tertiary/aromatic N) is 2. The highest BCUT2D eigenvalue weighted by Gasteiger charge is 2.44. The number of unbranched alkanes of at least 4 members (excludes halogenated alkanes) is 2. The van der Waals surface area contributed by atoms with Crippen LogP contribution in [0.5, 0.6) is 17.2 Å². The molecule has 3 aromatic rings. The summed E-state index contributed by atoms with van der Waals surface area (Å²) in [6.45, 7) is 4.67. The Morgan fingerprint density at radius 2 is 1.46 bits per heavy atom. The van der Waals surface area contributed by atoms with Gasteiger partial charge >= 0.3 is 0 Å². The van der Waals surface area contributed by atoms with Crippen LogP contribution in [0.15, 0.2) is 66.7 Å². The third-order valence-electron chi connectivity index (χ3n) is 8.56. The molecular weight excluding hydrogens is 582 g/mol. The summed E-state index contributed by atoms with van der Waals surface area (Å²) in [5.41, 5.74) is 4.02. The van der Waals surface area contributed by atoms with Gasteiger partial charge in [-0.2, -0.15) is 0 Å². The van der Waals surface area contributed by atoms with Crippen LogP contribution < -0.4 is 19.5 Å². The Kier molecular flexibility index (Phi) is 12.5. The van der Waals surface area contributed by atoms with Crippen molar-refractivity contribution in [2.24, 2.45) is 0 Å². The number of rotatable bonds is 16. The predicted octanol–water partition coefficient (Wildman–Crippen LogP) is 5.29. The minimum absolute atomic E-state index is 0.122. The van der Waals surface area contributed by atoms with Gasteiger partial charge in [-0.05, 0) is 67.0 Å². The van der Waals surface area contributed by atoms with Gasteiger partial charge in [-0.1, -0.05) is 67.9 Å². The van der Waals surface area contributed by atoms with Gasteiger partial charge in [-0.25, -0.2) is 0 Å². The van der Waals surface area contributed by atoms with Gasteiger partial charge in [0.05, 0.1) is 21.3 Å². The summed E-state index contributed by atoms with van der Waals surface area (Å²) < 4.78 is 16.5. The van der Waals surface area contributed by atoms with E-state index in [9.17, 15) is 14.4 Å². The molecule has 3 aromatic carbocycles. The van der Waals surface area contributed by atoms with Gasteiger partial charge in [0.1, 0.15) is 18.6 Å². The van der Waals surface area contributed by atoms with E-state index in [0.717, 1.165) is 48.8 Å². The third-order valence-corrected chi connectivity index (χ3v) is 8.56. The first-order valence-electron chi connectivity index (χ1n) is 16.1. The number of carbonyl (C=O) groups is 3. The molecular formula is C37H47N3O6. The van der Waals surface area contributed by atoms with Crippen LogP contribution in [0.1, 0.15) is 50.7 Å². The fourth-order valence-corrected chi connectivity index (χ4v) is 5.89. The monoisotopic (exact) mass is 629 g/mol. The van der Waals surface area contributed by atoms with Crippen LogP contribution in [0.4, 0.5) is 0 Å². The third kappa shape index (κ3) is 8.38. The number of nitrogens with one attached hydrogen (secondary N) is 1. The van der Waals surface area contributed by atoms with Crippen molar-refractivity contribution < 1.29 is 28.6 Å². The van der Waals surface area contributed by atoms with E-state index in [1.165, 1.54) is 10.5 Å². The van der Waals surface area contributed by atoms with Crippen molar-refractivity contribution in [1.29, 1.82) is 0 Å². The van der Waals surface area contributed by atoms with E-state index in [1.54, 1.807) is 33.2 Å². The zero-order chi connectivity index (χ0) is 33.1. The van der Waals surface area contributed by atoms with E-state index in [1.807, 2.05) is 54.6 Å². The summed E-state index contributed by atoms with van der Waals surface area (Å²) >= 11 is 0. The predicted molar refractivity (Wildman–Crippen MR) is 179 cm³/mol. The van der Waals surface area contributed by atoms with Crippen molar-refractivity contribution in [2.75, 3.05) is 41.0 Å². The fraction of sp³-hybridized carbons (Fsp3) is 0.432. The molecule has 46 heavy (non-hydrogen) atoms. The molecule has 0 bridgehead atoms. The molecule has 0 spiro atoms. The normalized spacial score (nSPS) is 16.4. The molecule has 3 amide bonds. The Morgan fingerprint density at radius 1 is 0.783 bits per heavy atom. The van der Waals surface area contributed by atoms with Gasteiger partial charge < -0.3 is 29.3 Å². The molecule has 246 valence electrons. The summed E-state index contributed by atoms with van der Waals surface area (Å²) in [6, 6.07) is 20.6. The average molecular weight is 630 g/mol. The lowest BCUT2D eigenvalue weighted by molar-refractivity contribution is -0.162. The molecule has 4 rings (SSSR count). The molecule has 9 heteroatoms. The number of piperazine rings is 1. The molecule has 1 unspecified atom stereocenters. The lowest BCUT2D eigenvalue weighted by atomic mass is 9.96. The fourth-order valence-electron chi connectivity index (χ4n) is 5.89. The van der Waals surface area contributed by atoms with Crippen molar-refractivity contribution in [3.63, 3.8) is 0 Å². The lowest BCUT2D eigenvalue weighted by Gasteiger charge is -2.44. The highest BCUT2D eigenvalue weighted by molar-refractivity contribution is 5.99. The summed E-state index contributed by atoms with van der Waals surface area (Å²) in [7, 11) is 4.73. The summed E-state index contributed by atoms with van der Waals surface area (Å²) in [4.78, 5) is 43.6. The molecule has 0 aromatic heterocycles. The molecule has 1 saturated heterocycles. The van der Waals surface area contributed by atoms with E-state index in [2.05, 4.69) is 24.4 Å². The van der Waals surface area contributed by atoms with Crippen molar-refractivity contribution >= 4 is 17.7 Å². The van der Waals surface area contributed by atoms with E-state index >= 15 is 0 Å².